The Morgan fingerprint density at radius 2 is 1.85 bits per heavy atom. The number of thiophene rings is 1. The van der Waals surface area contributed by atoms with Crippen molar-refractivity contribution in [1.29, 1.82) is 0 Å². The molecule has 2 aromatic rings. The molecule has 27 heavy (non-hydrogen) atoms. The Morgan fingerprint density at radius 3 is 2.44 bits per heavy atom. The molecule has 148 valence electrons. The maximum atomic E-state index is 5.54. The molecular weight excluding hydrogens is 362 g/mol. The zero-order chi connectivity index (χ0) is 19.6. The van der Waals surface area contributed by atoms with Crippen molar-refractivity contribution >= 4 is 17.3 Å². The van der Waals surface area contributed by atoms with Gasteiger partial charge in [-0.15, -0.1) is 0 Å². The molecule has 1 atom stereocenters. The second-order valence-electron chi connectivity index (χ2n) is 6.08. The van der Waals surface area contributed by atoms with E-state index in [1.807, 2.05) is 12.1 Å². The molecule has 0 fully saturated rings. The minimum atomic E-state index is 0.431. The third kappa shape index (κ3) is 5.53. The van der Waals surface area contributed by atoms with E-state index in [9.17, 15) is 0 Å². The maximum absolute atomic E-state index is 5.54. The average molecular weight is 392 g/mol. The van der Waals surface area contributed by atoms with Gasteiger partial charge in [0.1, 0.15) is 0 Å². The van der Waals surface area contributed by atoms with Crippen LogP contribution in [0.15, 0.2) is 34.0 Å². The first-order valence-electron chi connectivity index (χ1n) is 8.89. The molecule has 1 aromatic heterocycles. The van der Waals surface area contributed by atoms with Crippen molar-refractivity contribution in [1.82, 2.24) is 10.6 Å². The highest BCUT2D eigenvalue weighted by Crippen LogP contribution is 2.39. The summed E-state index contributed by atoms with van der Waals surface area (Å²) in [5, 5.41) is 11.0. The van der Waals surface area contributed by atoms with Gasteiger partial charge in [-0.05, 0) is 40.8 Å². The highest BCUT2D eigenvalue weighted by atomic mass is 32.1. The van der Waals surface area contributed by atoms with Gasteiger partial charge in [-0.1, -0.05) is 13.0 Å². The number of hydrogen-bond acceptors (Lipinski definition) is 5. The number of rotatable bonds is 9. The van der Waals surface area contributed by atoms with Gasteiger partial charge in [-0.25, -0.2) is 0 Å². The first-order chi connectivity index (χ1) is 13.1. The van der Waals surface area contributed by atoms with Gasteiger partial charge in [0.2, 0.25) is 5.75 Å². The molecule has 0 aliphatic carbocycles. The summed E-state index contributed by atoms with van der Waals surface area (Å²) in [6.07, 6.45) is 0.768. The second-order valence-corrected chi connectivity index (χ2v) is 6.86. The van der Waals surface area contributed by atoms with Crippen LogP contribution in [0.25, 0.3) is 0 Å². The molecule has 0 bridgehead atoms. The van der Waals surface area contributed by atoms with Crippen molar-refractivity contribution in [3.05, 3.63) is 40.1 Å². The minimum Gasteiger partial charge on any atom is -0.493 e. The molecule has 0 amide bonds. The quantitative estimate of drug-likeness (QED) is 0.507. The Morgan fingerprint density at radius 1 is 1.07 bits per heavy atom. The average Bonchev–Trinajstić information content (AvgIpc) is 3.24. The SMILES string of the molecule is CN=C(NCCc1ccc(OC)c(OC)c1OC)NCC(C)c1ccsc1. The van der Waals surface area contributed by atoms with Crippen LogP contribution in [0.3, 0.4) is 0 Å². The second kappa shape index (κ2) is 10.7. The lowest BCUT2D eigenvalue weighted by atomic mass is 10.1. The van der Waals surface area contributed by atoms with Gasteiger partial charge < -0.3 is 24.8 Å². The standard InChI is InChI=1S/C20H29N3O3S/c1-14(16-9-11-27-13-16)12-23-20(21-2)22-10-8-15-6-7-17(24-3)19(26-5)18(15)25-4/h6-7,9,11,13-14H,8,10,12H2,1-5H3,(H2,21,22,23). The molecule has 6 nitrogen and oxygen atoms in total. The van der Waals surface area contributed by atoms with E-state index in [0.29, 0.717) is 23.2 Å². The molecule has 1 heterocycles. The van der Waals surface area contributed by atoms with Crippen LogP contribution in [0.1, 0.15) is 24.0 Å². The van der Waals surface area contributed by atoms with E-state index >= 15 is 0 Å². The lowest BCUT2D eigenvalue weighted by Gasteiger charge is -2.17. The zero-order valence-corrected chi connectivity index (χ0v) is 17.5. The molecular formula is C20H29N3O3S. The summed E-state index contributed by atoms with van der Waals surface area (Å²) in [5.41, 5.74) is 2.39. The maximum Gasteiger partial charge on any atom is 0.203 e. The number of hydrogen-bond donors (Lipinski definition) is 2. The number of aliphatic imine (C=N–C) groups is 1. The van der Waals surface area contributed by atoms with Crippen molar-refractivity contribution in [3.8, 4) is 17.2 Å². The van der Waals surface area contributed by atoms with E-state index in [4.69, 9.17) is 14.2 Å². The summed E-state index contributed by atoms with van der Waals surface area (Å²) >= 11 is 1.72. The van der Waals surface area contributed by atoms with Crippen LogP contribution in [0.5, 0.6) is 17.2 Å². The normalized spacial score (nSPS) is 12.4. The third-order valence-corrected chi connectivity index (χ3v) is 5.09. The molecule has 7 heteroatoms. The van der Waals surface area contributed by atoms with Gasteiger partial charge in [-0.2, -0.15) is 11.3 Å². The lowest BCUT2D eigenvalue weighted by molar-refractivity contribution is 0.322. The molecule has 1 unspecified atom stereocenters. The molecule has 0 saturated carbocycles. The van der Waals surface area contributed by atoms with Crippen molar-refractivity contribution in [2.24, 2.45) is 4.99 Å². The molecule has 0 saturated heterocycles. The monoisotopic (exact) mass is 391 g/mol. The highest BCUT2D eigenvalue weighted by molar-refractivity contribution is 7.07. The van der Waals surface area contributed by atoms with Crippen LogP contribution in [0, 0.1) is 0 Å². The van der Waals surface area contributed by atoms with Crippen LogP contribution in [0.4, 0.5) is 0 Å². The fourth-order valence-electron chi connectivity index (χ4n) is 2.82. The van der Waals surface area contributed by atoms with Crippen LogP contribution in [-0.4, -0.2) is 47.4 Å². The topological polar surface area (TPSA) is 64.1 Å². The first-order valence-corrected chi connectivity index (χ1v) is 9.83. The van der Waals surface area contributed by atoms with Crippen LogP contribution in [-0.2, 0) is 6.42 Å². The number of nitrogens with zero attached hydrogens (tertiary/aromatic N) is 1. The molecule has 1 aromatic carbocycles. The van der Waals surface area contributed by atoms with Crippen molar-refractivity contribution in [2.45, 2.75) is 19.3 Å². The largest absolute Gasteiger partial charge is 0.493 e. The predicted molar refractivity (Wildman–Crippen MR) is 112 cm³/mol. The van der Waals surface area contributed by atoms with Gasteiger partial charge in [0, 0.05) is 25.7 Å². The fraction of sp³-hybridized carbons (Fsp3) is 0.450. The summed E-state index contributed by atoms with van der Waals surface area (Å²) in [6.45, 7) is 3.76. The summed E-state index contributed by atoms with van der Waals surface area (Å²) in [4.78, 5) is 4.30. The van der Waals surface area contributed by atoms with Crippen LogP contribution in [0.2, 0.25) is 0 Å². The zero-order valence-electron chi connectivity index (χ0n) is 16.7. The molecule has 2 rings (SSSR count). The highest BCUT2D eigenvalue weighted by Gasteiger charge is 2.15. The Labute approximate surface area is 165 Å². The Bertz CT molecular complexity index is 732. The molecule has 0 aliphatic heterocycles. The van der Waals surface area contributed by atoms with E-state index in [1.54, 1.807) is 39.7 Å². The third-order valence-electron chi connectivity index (χ3n) is 4.38. The molecule has 2 N–H and O–H groups in total. The first kappa shape index (κ1) is 20.9. The van der Waals surface area contributed by atoms with E-state index in [0.717, 1.165) is 31.0 Å². The fourth-order valence-corrected chi connectivity index (χ4v) is 3.60. The van der Waals surface area contributed by atoms with Crippen LogP contribution < -0.4 is 24.8 Å². The smallest absolute Gasteiger partial charge is 0.203 e. The predicted octanol–water partition coefficient (Wildman–Crippen LogP) is 3.29. The van der Waals surface area contributed by atoms with Gasteiger partial charge in [0.05, 0.1) is 21.3 Å². The van der Waals surface area contributed by atoms with E-state index < -0.39 is 0 Å². The summed E-state index contributed by atoms with van der Waals surface area (Å²) in [7, 11) is 6.65. The summed E-state index contributed by atoms with van der Waals surface area (Å²) in [6, 6.07) is 6.06. The van der Waals surface area contributed by atoms with Gasteiger partial charge in [0.15, 0.2) is 17.5 Å². The minimum absolute atomic E-state index is 0.431. The molecule has 0 spiro atoms. The Kier molecular flexibility index (Phi) is 8.26. The van der Waals surface area contributed by atoms with Crippen molar-refractivity contribution in [3.63, 3.8) is 0 Å². The number of guanidine groups is 1. The number of nitrogens with one attached hydrogen (secondary N) is 2. The summed E-state index contributed by atoms with van der Waals surface area (Å²) < 4.78 is 16.3. The molecule has 0 radical (unpaired) electrons. The van der Waals surface area contributed by atoms with E-state index in [1.165, 1.54) is 5.56 Å². The summed E-state index contributed by atoms with van der Waals surface area (Å²) in [5.74, 6) is 3.19. The van der Waals surface area contributed by atoms with Gasteiger partial charge in [-0.3, -0.25) is 4.99 Å². The number of ether oxygens (including phenoxy) is 3. The molecule has 0 aliphatic rings. The number of benzene rings is 1. The van der Waals surface area contributed by atoms with Gasteiger partial charge >= 0.3 is 0 Å². The van der Waals surface area contributed by atoms with Gasteiger partial charge in [0.25, 0.3) is 0 Å². The Balaban J connectivity index is 1.90. The van der Waals surface area contributed by atoms with Crippen molar-refractivity contribution < 1.29 is 14.2 Å². The lowest BCUT2D eigenvalue weighted by Crippen LogP contribution is -2.39. The Hall–Kier alpha value is -2.41. The van der Waals surface area contributed by atoms with E-state index in [-0.39, 0.29) is 0 Å². The van der Waals surface area contributed by atoms with Crippen molar-refractivity contribution in [2.75, 3.05) is 41.5 Å². The van der Waals surface area contributed by atoms with E-state index in [2.05, 4.69) is 39.4 Å². The van der Waals surface area contributed by atoms with Crippen LogP contribution >= 0.6 is 11.3 Å². The number of methoxy groups -OCH3 is 3.